The Labute approximate surface area is 88.2 Å². The molecule has 1 amide bonds. The maximum absolute atomic E-state index is 11.8. The molecular formula is C7H9F3N4O2. The molecule has 1 aromatic heterocycles. The van der Waals surface area contributed by atoms with Crippen molar-refractivity contribution in [3.63, 3.8) is 0 Å². The average Bonchev–Trinajstić information content (AvgIpc) is 2.63. The molecule has 1 heterocycles. The van der Waals surface area contributed by atoms with Crippen molar-refractivity contribution >= 4 is 5.91 Å². The molecule has 9 heteroatoms. The Morgan fingerprint density at radius 1 is 1.50 bits per heavy atom. The van der Waals surface area contributed by atoms with Gasteiger partial charge in [-0.1, -0.05) is 5.16 Å². The van der Waals surface area contributed by atoms with Crippen LogP contribution in [0.2, 0.25) is 0 Å². The van der Waals surface area contributed by atoms with Gasteiger partial charge in [-0.2, -0.15) is 18.2 Å². The van der Waals surface area contributed by atoms with E-state index in [2.05, 4.69) is 25.3 Å². The van der Waals surface area contributed by atoms with Crippen molar-refractivity contribution in [2.45, 2.75) is 12.7 Å². The molecule has 6 nitrogen and oxygen atoms in total. The van der Waals surface area contributed by atoms with Crippen LogP contribution < -0.4 is 10.6 Å². The molecule has 0 fully saturated rings. The van der Waals surface area contributed by atoms with E-state index in [-0.39, 0.29) is 18.3 Å². The van der Waals surface area contributed by atoms with E-state index in [1.807, 2.05) is 0 Å². The molecule has 0 atom stereocenters. The summed E-state index contributed by atoms with van der Waals surface area (Å²) in [6, 6.07) is 0. The van der Waals surface area contributed by atoms with Gasteiger partial charge in [-0.3, -0.25) is 4.79 Å². The quantitative estimate of drug-likeness (QED) is 0.776. The molecule has 2 N–H and O–H groups in total. The molecule has 0 saturated carbocycles. The van der Waals surface area contributed by atoms with Gasteiger partial charge in [-0.05, 0) is 0 Å². The molecule has 0 aliphatic rings. The number of alkyl halides is 3. The first kappa shape index (κ1) is 12.4. The number of amides is 1. The number of carbonyl (C=O) groups is 1. The minimum atomic E-state index is -4.30. The topological polar surface area (TPSA) is 80.0 Å². The van der Waals surface area contributed by atoms with Gasteiger partial charge in [0.15, 0.2) is 0 Å². The number of rotatable bonds is 4. The van der Waals surface area contributed by atoms with Gasteiger partial charge in [-0.15, -0.1) is 0 Å². The van der Waals surface area contributed by atoms with E-state index in [9.17, 15) is 18.0 Å². The first-order valence-electron chi connectivity index (χ1n) is 4.24. The van der Waals surface area contributed by atoms with Gasteiger partial charge in [0.1, 0.15) is 0 Å². The number of aromatic nitrogens is 2. The van der Waals surface area contributed by atoms with Crippen LogP contribution in [0.25, 0.3) is 0 Å². The van der Waals surface area contributed by atoms with Gasteiger partial charge in [-0.25, -0.2) is 0 Å². The van der Waals surface area contributed by atoms with Gasteiger partial charge in [0.2, 0.25) is 5.89 Å². The average molecular weight is 238 g/mol. The van der Waals surface area contributed by atoms with E-state index in [1.54, 1.807) is 0 Å². The Hall–Kier alpha value is -1.64. The van der Waals surface area contributed by atoms with Crippen molar-refractivity contribution < 1.29 is 22.5 Å². The molecule has 0 aliphatic carbocycles. The third-order valence-electron chi connectivity index (χ3n) is 1.50. The van der Waals surface area contributed by atoms with Gasteiger partial charge < -0.3 is 15.2 Å². The lowest BCUT2D eigenvalue weighted by Crippen LogP contribution is -2.28. The summed E-state index contributed by atoms with van der Waals surface area (Å²) >= 11 is 0. The smallest absolute Gasteiger partial charge is 0.352 e. The van der Waals surface area contributed by atoms with Crippen LogP contribution in [0.3, 0.4) is 0 Å². The number of nitrogens with zero attached hydrogens (tertiary/aromatic N) is 2. The standard InChI is InChI=1S/C7H9F3N4O2/c1-11-6(15)5-13-4(16-14-5)2-12-3-7(8,9)10/h12H,2-3H2,1H3,(H,11,15). The van der Waals surface area contributed by atoms with Gasteiger partial charge in [0.25, 0.3) is 11.7 Å². The minimum Gasteiger partial charge on any atom is -0.352 e. The summed E-state index contributed by atoms with van der Waals surface area (Å²) in [5.41, 5.74) is 0. The first-order valence-corrected chi connectivity index (χ1v) is 4.24. The normalized spacial score (nSPS) is 11.5. The zero-order valence-corrected chi connectivity index (χ0v) is 8.26. The molecule has 0 saturated heterocycles. The summed E-state index contributed by atoms with van der Waals surface area (Å²) in [6.07, 6.45) is -4.30. The van der Waals surface area contributed by atoms with Crippen molar-refractivity contribution in [1.82, 2.24) is 20.8 Å². The summed E-state index contributed by atoms with van der Waals surface area (Å²) in [5.74, 6) is -0.861. The van der Waals surface area contributed by atoms with Crippen LogP contribution in [0.1, 0.15) is 16.5 Å². The minimum absolute atomic E-state index is 0.0807. The highest BCUT2D eigenvalue weighted by Crippen LogP contribution is 2.12. The highest BCUT2D eigenvalue weighted by molar-refractivity contribution is 5.89. The zero-order chi connectivity index (χ0) is 12.2. The Kier molecular flexibility index (Phi) is 3.82. The van der Waals surface area contributed by atoms with Crippen molar-refractivity contribution in [2.75, 3.05) is 13.6 Å². The Balaban J connectivity index is 2.44. The van der Waals surface area contributed by atoms with Gasteiger partial charge >= 0.3 is 6.18 Å². The second kappa shape index (κ2) is 4.92. The van der Waals surface area contributed by atoms with E-state index in [4.69, 9.17) is 0 Å². The molecule has 0 bridgehead atoms. The number of carbonyl (C=O) groups excluding carboxylic acids is 1. The maximum Gasteiger partial charge on any atom is 0.401 e. The van der Waals surface area contributed by atoms with E-state index in [1.165, 1.54) is 7.05 Å². The van der Waals surface area contributed by atoms with Crippen molar-refractivity contribution in [1.29, 1.82) is 0 Å². The third-order valence-corrected chi connectivity index (χ3v) is 1.50. The summed E-state index contributed by atoms with van der Waals surface area (Å²) < 4.78 is 39.8. The molecule has 0 unspecified atom stereocenters. The number of hydrogen-bond acceptors (Lipinski definition) is 5. The fraction of sp³-hybridized carbons (Fsp3) is 0.571. The summed E-state index contributed by atoms with van der Waals surface area (Å²) in [5, 5.41) is 7.59. The predicted molar refractivity (Wildman–Crippen MR) is 45.4 cm³/mol. The maximum atomic E-state index is 11.8. The van der Waals surface area contributed by atoms with Crippen molar-refractivity contribution in [3.05, 3.63) is 11.7 Å². The fourth-order valence-corrected chi connectivity index (χ4v) is 0.842. The van der Waals surface area contributed by atoms with Crippen LogP contribution in [0.15, 0.2) is 4.52 Å². The SMILES string of the molecule is CNC(=O)c1noc(CNCC(F)(F)F)n1. The van der Waals surface area contributed by atoms with Crippen LogP contribution in [0.5, 0.6) is 0 Å². The summed E-state index contributed by atoms with van der Waals surface area (Å²) in [4.78, 5) is 14.5. The van der Waals surface area contributed by atoms with Crippen molar-refractivity contribution in [2.24, 2.45) is 0 Å². The molecule has 1 aromatic rings. The monoisotopic (exact) mass is 238 g/mol. The largest absolute Gasteiger partial charge is 0.401 e. The van der Waals surface area contributed by atoms with Crippen LogP contribution in [-0.2, 0) is 6.54 Å². The Bertz CT molecular complexity index is 363. The molecule has 1 rings (SSSR count). The highest BCUT2D eigenvalue weighted by Gasteiger charge is 2.26. The first-order chi connectivity index (χ1) is 7.42. The van der Waals surface area contributed by atoms with Crippen LogP contribution in [-0.4, -0.2) is 35.8 Å². The van der Waals surface area contributed by atoms with Crippen molar-refractivity contribution in [3.8, 4) is 0 Å². The van der Waals surface area contributed by atoms with E-state index in [0.29, 0.717) is 0 Å². The van der Waals surface area contributed by atoms with Crippen LogP contribution in [0.4, 0.5) is 13.2 Å². The Morgan fingerprint density at radius 2 is 2.19 bits per heavy atom. The molecule has 0 aliphatic heterocycles. The lowest BCUT2D eigenvalue weighted by molar-refractivity contribution is -0.125. The fourth-order valence-electron chi connectivity index (χ4n) is 0.842. The predicted octanol–water partition coefficient (Wildman–Crippen LogP) is 0.0811. The van der Waals surface area contributed by atoms with Gasteiger partial charge in [0.05, 0.1) is 13.1 Å². The second-order valence-corrected chi connectivity index (χ2v) is 2.81. The lowest BCUT2D eigenvalue weighted by Gasteiger charge is -2.05. The van der Waals surface area contributed by atoms with Crippen LogP contribution in [0, 0.1) is 0 Å². The molecule has 16 heavy (non-hydrogen) atoms. The number of hydrogen-bond donors (Lipinski definition) is 2. The van der Waals surface area contributed by atoms with Crippen LogP contribution >= 0.6 is 0 Å². The molecule has 90 valence electrons. The lowest BCUT2D eigenvalue weighted by atomic mass is 10.5. The molecular weight excluding hydrogens is 229 g/mol. The third kappa shape index (κ3) is 3.85. The zero-order valence-electron chi connectivity index (χ0n) is 8.26. The van der Waals surface area contributed by atoms with Gasteiger partial charge in [0, 0.05) is 7.05 Å². The molecule has 0 spiro atoms. The van der Waals surface area contributed by atoms with E-state index in [0.717, 1.165) is 0 Å². The van der Waals surface area contributed by atoms with E-state index < -0.39 is 18.6 Å². The highest BCUT2D eigenvalue weighted by atomic mass is 19.4. The molecule has 0 radical (unpaired) electrons. The Morgan fingerprint density at radius 3 is 2.75 bits per heavy atom. The summed E-state index contributed by atoms with van der Waals surface area (Å²) in [6.45, 7) is -1.41. The number of nitrogens with one attached hydrogen (secondary N) is 2. The second-order valence-electron chi connectivity index (χ2n) is 2.81. The summed E-state index contributed by atoms with van der Waals surface area (Å²) in [7, 11) is 1.38. The number of halogens is 3. The molecule has 0 aromatic carbocycles. The van der Waals surface area contributed by atoms with E-state index >= 15 is 0 Å².